The van der Waals surface area contributed by atoms with Crippen molar-refractivity contribution in [1.29, 1.82) is 0 Å². The number of aliphatic hydroxyl groups excluding tert-OH is 1. The molecule has 35 heteroatoms. The molecule has 23 nitrogen and oxygen atoms in total. The van der Waals surface area contributed by atoms with Gasteiger partial charge in [0.1, 0.15) is 35.0 Å². The van der Waals surface area contributed by atoms with Crippen LogP contribution in [0, 0.1) is 46.5 Å². The van der Waals surface area contributed by atoms with Crippen molar-refractivity contribution in [3.63, 3.8) is 0 Å². The number of nitrogens with zero attached hydrogens (tertiary/aromatic N) is 8. The first-order chi connectivity index (χ1) is 45.5. The van der Waals surface area contributed by atoms with Gasteiger partial charge in [0.2, 0.25) is 11.8 Å². The van der Waals surface area contributed by atoms with Crippen LogP contribution < -0.4 is 21.7 Å². The van der Waals surface area contributed by atoms with Crippen LogP contribution in [0.2, 0.25) is 0 Å². The normalized spacial score (nSPS) is 12.9. The van der Waals surface area contributed by atoms with Gasteiger partial charge in [-0.15, -0.1) is 34.0 Å². The van der Waals surface area contributed by atoms with Gasteiger partial charge in [-0.05, 0) is 113 Å². The second-order valence-corrected chi connectivity index (χ2v) is 26.1. The van der Waals surface area contributed by atoms with Crippen LogP contribution in [0.3, 0.4) is 0 Å². The highest BCUT2D eigenvalue weighted by molar-refractivity contribution is 7.16. The van der Waals surface area contributed by atoms with Crippen LogP contribution >= 0.6 is 45.3 Å². The lowest BCUT2D eigenvalue weighted by Crippen LogP contribution is -2.34. The summed E-state index contributed by atoms with van der Waals surface area (Å²) in [6.07, 6.45) is 6.23. The smallest absolute Gasteiger partial charge is 0.413 e. The zero-order valence-electron chi connectivity index (χ0n) is 52.6. The molecule has 0 spiro atoms. The summed E-state index contributed by atoms with van der Waals surface area (Å²) in [5.41, 5.74) is 6.30. The molecule has 0 bridgehead atoms. The van der Waals surface area contributed by atoms with E-state index in [9.17, 15) is 73.8 Å². The summed E-state index contributed by atoms with van der Waals surface area (Å²) in [4.78, 5) is 95.4. The van der Waals surface area contributed by atoms with E-state index in [1.54, 1.807) is 50.8 Å². The van der Waals surface area contributed by atoms with E-state index in [1.165, 1.54) is 78.6 Å². The quantitative estimate of drug-likeness (QED) is 0.0489. The third kappa shape index (κ3) is 27.0. The van der Waals surface area contributed by atoms with Gasteiger partial charge in [0.05, 0.1) is 4.88 Å². The average Bonchev–Trinajstić information content (AvgIpc) is 1.82. The van der Waals surface area contributed by atoms with Gasteiger partial charge in [-0.1, -0.05) is 29.5 Å². The molecule has 8 aromatic rings. The molecule has 6 heterocycles. The second-order valence-electron chi connectivity index (χ2n) is 21.9. The maximum atomic E-state index is 13.2. The van der Waals surface area contributed by atoms with E-state index in [0.29, 0.717) is 50.5 Å². The van der Waals surface area contributed by atoms with Gasteiger partial charge in [-0.2, -0.15) is 10.2 Å². The number of nitrogen functional groups attached to an aromatic ring is 1. The standard InChI is InChI=1S/C16H14F2N4O2S.C15H16F2N2O3S.C10H8F2N2S.C8H12N2O2S.C7H4F2O.C6H8N2O3/c1-22-14(23)5-4-13(21-22)15(24)20-16-19-8-10(25-16)6-9-2-3-11(17)12(18)7-9;1-15(2,3)22-14(21)19-13-18-7-11(23-13)12(20)8-4-5-9(16)10(17)6-8;11-8-2-1-6(4-9(8)12)3-7-5-14-10(13)15-7;1-8(2,3)12-7(11)10-6-9-4-5-13-6;8-6-2-1-5(4-10)3-7(6)9;1-8-5(9)3-2-4(7-8)6(10)11/h2-3,7-8H,4-6H2,1H3,(H,19,20,24);4-7,12,20H,1-3H3,(H,18,19,21);1-2,4-5H,3H2,(H2,13,14);4-5H,1-3H3,(H,9,10,11);1-4H;2-3H2,1H3,(H,10,11). The number of aliphatic hydroxyl groups is 1. The third-order valence-electron chi connectivity index (χ3n) is 11.8. The molecule has 1 unspecified atom stereocenters. The molecule has 5 amide bonds. The van der Waals surface area contributed by atoms with Crippen molar-refractivity contribution in [2.75, 3.05) is 35.8 Å². The van der Waals surface area contributed by atoms with E-state index in [0.717, 1.165) is 73.6 Å². The number of carbonyl (C=O) groups excluding carboxylic acids is 6. The van der Waals surface area contributed by atoms with Crippen LogP contribution in [0.1, 0.15) is 115 Å². The monoisotopic (exact) mass is 1430 g/mol. The second kappa shape index (κ2) is 36.2. The summed E-state index contributed by atoms with van der Waals surface area (Å²) < 4.78 is 112. The van der Waals surface area contributed by atoms with Crippen molar-refractivity contribution in [3.8, 4) is 0 Å². The molecule has 0 aliphatic carbocycles. The van der Waals surface area contributed by atoms with Crippen LogP contribution in [-0.4, -0.2) is 119 Å². The van der Waals surface area contributed by atoms with E-state index in [2.05, 4.69) is 46.1 Å². The summed E-state index contributed by atoms with van der Waals surface area (Å²) >= 11 is 4.94. The number of halogens is 8. The molecule has 0 saturated carbocycles. The lowest BCUT2D eigenvalue weighted by Gasteiger charge is -2.18. The number of hydrogen-bond donors (Lipinski definition) is 6. The Hall–Kier alpha value is -9.97. The van der Waals surface area contributed by atoms with E-state index < -0.39 is 87.9 Å². The van der Waals surface area contributed by atoms with E-state index >= 15 is 0 Å². The lowest BCUT2D eigenvalue weighted by molar-refractivity contribution is -0.132. The van der Waals surface area contributed by atoms with Crippen LogP contribution in [0.5, 0.6) is 0 Å². The topological polar surface area (TPSA) is 323 Å². The maximum Gasteiger partial charge on any atom is 0.413 e. The summed E-state index contributed by atoms with van der Waals surface area (Å²) in [5, 5.41) is 39.4. The predicted octanol–water partition coefficient (Wildman–Crippen LogP) is 12.9. The van der Waals surface area contributed by atoms with Gasteiger partial charge in [0, 0.05) is 98.1 Å². The number of benzene rings is 4. The molecular weight excluding hydrogens is 1370 g/mol. The van der Waals surface area contributed by atoms with Gasteiger partial charge in [0.15, 0.2) is 67.1 Å². The zero-order chi connectivity index (χ0) is 71.9. The number of nitrogens with one attached hydrogen (secondary N) is 3. The first kappa shape index (κ1) is 77.7. The minimum Gasteiger partial charge on any atom is -0.477 e. The highest BCUT2D eigenvalue weighted by atomic mass is 32.1. The Kier molecular flexibility index (Phi) is 29.0. The van der Waals surface area contributed by atoms with Crippen molar-refractivity contribution in [2.24, 2.45) is 10.2 Å². The van der Waals surface area contributed by atoms with Crippen molar-refractivity contribution in [3.05, 3.63) is 186 Å². The number of aromatic nitrogens is 4. The molecule has 10 rings (SSSR count). The molecule has 1 atom stereocenters. The van der Waals surface area contributed by atoms with Gasteiger partial charge in [-0.25, -0.2) is 79.5 Å². The molecular formula is C62H62F8N12O11S4. The molecule has 4 aromatic carbocycles. The molecule has 7 N–H and O–H groups in total. The molecule has 516 valence electrons. The SMILES string of the molecule is CC(C)(C)OC(=O)Nc1ncc(C(O)c2ccc(F)c(F)c2)s1.CC(C)(C)OC(=O)Nc1nccs1.CN1N=C(C(=O)Nc2ncc(Cc3ccc(F)c(F)c3)s2)CCC1=O.CN1N=C(C(=O)O)CCC1=O.Nc1ncc(Cc2ccc(F)c(F)c2)s1.O=Cc1ccc(F)c(F)c1. The maximum absolute atomic E-state index is 13.2. The first-order valence-corrected chi connectivity index (χ1v) is 31.5. The van der Waals surface area contributed by atoms with E-state index in [1.807, 2.05) is 20.8 Å². The average molecular weight is 1430 g/mol. The highest BCUT2D eigenvalue weighted by Gasteiger charge is 2.25. The lowest BCUT2D eigenvalue weighted by atomic mass is 10.1. The third-order valence-corrected chi connectivity index (χ3v) is 15.2. The number of rotatable bonds is 12. The number of carboxylic acid groups (broad SMARTS) is 1. The largest absolute Gasteiger partial charge is 0.477 e. The van der Waals surface area contributed by atoms with Crippen LogP contribution in [-0.2, 0) is 41.5 Å². The Balaban J connectivity index is 0.000000217. The number of hydrazone groups is 2. The molecule has 0 radical (unpaired) electrons. The Labute approximate surface area is 564 Å². The Morgan fingerprint density at radius 1 is 0.588 bits per heavy atom. The summed E-state index contributed by atoms with van der Waals surface area (Å²) in [7, 11) is 2.95. The number of hydrogen-bond acceptors (Lipinski definition) is 21. The minimum atomic E-state index is -1.17. The van der Waals surface area contributed by atoms with Crippen molar-refractivity contribution in [2.45, 2.75) is 97.4 Å². The fourth-order valence-electron chi connectivity index (χ4n) is 7.35. The molecule has 97 heavy (non-hydrogen) atoms. The van der Waals surface area contributed by atoms with Gasteiger partial charge in [-0.3, -0.25) is 35.1 Å². The van der Waals surface area contributed by atoms with Crippen LogP contribution in [0.15, 0.2) is 113 Å². The van der Waals surface area contributed by atoms with Crippen LogP contribution in [0.4, 0.5) is 65.2 Å². The van der Waals surface area contributed by atoms with Crippen molar-refractivity contribution < 1.29 is 88.4 Å². The molecule has 0 fully saturated rings. The van der Waals surface area contributed by atoms with Crippen LogP contribution in [0.25, 0.3) is 0 Å². The molecule has 2 aliphatic rings. The van der Waals surface area contributed by atoms with Gasteiger partial charge >= 0.3 is 18.2 Å². The zero-order valence-corrected chi connectivity index (χ0v) is 55.9. The minimum absolute atomic E-state index is 0.0482. The molecule has 0 saturated heterocycles. The first-order valence-electron chi connectivity index (χ1n) is 28.2. The number of carboxylic acids is 1. The fraction of sp³-hybridized carbons (Fsp3) is 0.274. The number of carbonyl (C=O) groups is 7. The number of aldehydes is 1. The number of ether oxygens (including phenoxy) is 2. The number of amides is 5. The van der Waals surface area contributed by atoms with Gasteiger partial charge < -0.3 is 25.4 Å². The summed E-state index contributed by atoms with van der Waals surface area (Å²) in [5.74, 6) is -9.16. The number of aliphatic carboxylic acids is 1. The number of thiazole rings is 4. The van der Waals surface area contributed by atoms with Crippen molar-refractivity contribution in [1.82, 2.24) is 30.0 Å². The molecule has 2 aliphatic heterocycles. The number of nitrogens with two attached hydrogens (primary N) is 1. The Bertz CT molecular complexity index is 4120. The summed E-state index contributed by atoms with van der Waals surface area (Å²) in [6, 6.07) is 13.7. The highest BCUT2D eigenvalue weighted by Crippen LogP contribution is 2.31. The fourth-order valence-corrected chi connectivity index (χ4v) is 10.2. The Morgan fingerprint density at radius 2 is 1.05 bits per heavy atom. The van der Waals surface area contributed by atoms with E-state index in [-0.39, 0.29) is 65.2 Å². The van der Waals surface area contributed by atoms with Crippen molar-refractivity contribution >= 4 is 119 Å². The van der Waals surface area contributed by atoms with Gasteiger partial charge in [0.25, 0.3) is 5.91 Å². The van der Waals surface area contributed by atoms with E-state index in [4.69, 9.17) is 20.3 Å². The summed E-state index contributed by atoms with van der Waals surface area (Å²) in [6.45, 7) is 10.6. The predicted molar refractivity (Wildman–Crippen MR) is 348 cm³/mol. The molecule has 4 aromatic heterocycles. The number of anilines is 4. The Morgan fingerprint density at radius 3 is 1.52 bits per heavy atom.